The summed E-state index contributed by atoms with van der Waals surface area (Å²) in [5.41, 5.74) is 5.02. The number of hydrogen-bond acceptors (Lipinski definition) is 6. The summed E-state index contributed by atoms with van der Waals surface area (Å²) in [5, 5.41) is 5.87. The number of rotatable bonds is 5. The van der Waals surface area contributed by atoms with Crippen LogP contribution in [0.5, 0.6) is 0 Å². The van der Waals surface area contributed by atoms with E-state index in [1.165, 1.54) is 30.5 Å². The summed E-state index contributed by atoms with van der Waals surface area (Å²) < 4.78 is 0. The van der Waals surface area contributed by atoms with Crippen LogP contribution in [-0.4, -0.2) is 25.8 Å². The van der Waals surface area contributed by atoms with Crippen molar-refractivity contribution in [3.8, 4) is 11.1 Å². The van der Waals surface area contributed by atoms with Crippen LogP contribution in [0.1, 0.15) is 16.1 Å². The molecule has 0 saturated heterocycles. The Balaban J connectivity index is 1.53. The highest BCUT2D eigenvalue weighted by Crippen LogP contribution is 2.26. The van der Waals surface area contributed by atoms with Crippen LogP contribution < -0.4 is 10.6 Å². The van der Waals surface area contributed by atoms with E-state index in [-0.39, 0.29) is 11.6 Å². The second-order valence-electron chi connectivity index (χ2n) is 6.37. The molecule has 0 atom stereocenters. The first kappa shape index (κ1) is 18.2. The first-order chi connectivity index (χ1) is 14.2. The second kappa shape index (κ2) is 8.26. The molecule has 4 aromatic rings. The smallest absolute Gasteiger partial charge is 0.274 e. The minimum atomic E-state index is -0.362. The van der Waals surface area contributed by atoms with Crippen LogP contribution in [0.2, 0.25) is 0 Å². The molecule has 7 heteroatoms. The standard InChI is InChI=1S/C22H18N6O/c1-15-5-2-3-8-19(15)16-6-4-7-17(11-16)27-22-25-10-9-20(28-22)21(29)26-18-12-23-14-24-13-18/h2-14H,1H3,(H,26,29)(H,25,27,28). The highest BCUT2D eigenvalue weighted by Gasteiger charge is 2.10. The molecule has 4 rings (SSSR count). The van der Waals surface area contributed by atoms with E-state index in [0.717, 1.165) is 16.8 Å². The van der Waals surface area contributed by atoms with Crippen molar-refractivity contribution in [2.24, 2.45) is 0 Å². The third-order valence-electron chi connectivity index (χ3n) is 4.28. The quantitative estimate of drug-likeness (QED) is 0.536. The molecule has 0 unspecified atom stereocenters. The van der Waals surface area contributed by atoms with Crippen LogP contribution >= 0.6 is 0 Å². The summed E-state index contributed by atoms with van der Waals surface area (Å²) in [7, 11) is 0. The molecular formula is C22H18N6O. The number of benzene rings is 2. The number of aryl methyl sites for hydroxylation is 1. The summed E-state index contributed by atoms with van der Waals surface area (Å²) in [5.74, 6) is -0.0252. The monoisotopic (exact) mass is 382 g/mol. The molecule has 29 heavy (non-hydrogen) atoms. The molecular weight excluding hydrogens is 364 g/mol. The number of anilines is 3. The van der Waals surface area contributed by atoms with Gasteiger partial charge in [-0.2, -0.15) is 0 Å². The fraction of sp³-hybridized carbons (Fsp3) is 0.0455. The van der Waals surface area contributed by atoms with Crippen molar-refractivity contribution in [3.05, 3.63) is 90.8 Å². The van der Waals surface area contributed by atoms with Gasteiger partial charge in [0, 0.05) is 11.9 Å². The predicted molar refractivity (Wildman–Crippen MR) is 112 cm³/mol. The average molecular weight is 382 g/mol. The van der Waals surface area contributed by atoms with E-state index in [9.17, 15) is 4.79 Å². The zero-order chi connectivity index (χ0) is 20.1. The number of hydrogen-bond donors (Lipinski definition) is 2. The van der Waals surface area contributed by atoms with E-state index in [4.69, 9.17) is 0 Å². The number of nitrogens with zero attached hydrogens (tertiary/aromatic N) is 4. The van der Waals surface area contributed by atoms with Gasteiger partial charge in [-0.1, -0.05) is 36.4 Å². The Labute approximate surface area is 167 Å². The third kappa shape index (κ3) is 4.41. The molecule has 2 aromatic heterocycles. The summed E-state index contributed by atoms with van der Waals surface area (Å²) in [4.78, 5) is 28.7. The number of carbonyl (C=O) groups is 1. The van der Waals surface area contributed by atoms with Gasteiger partial charge in [0.15, 0.2) is 0 Å². The molecule has 2 heterocycles. The second-order valence-corrected chi connectivity index (χ2v) is 6.37. The average Bonchev–Trinajstić information content (AvgIpc) is 2.75. The highest BCUT2D eigenvalue weighted by atomic mass is 16.1. The number of aromatic nitrogens is 4. The molecule has 0 aliphatic rings. The lowest BCUT2D eigenvalue weighted by Crippen LogP contribution is -2.15. The van der Waals surface area contributed by atoms with E-state index in [2.05, 4.69) is 55.7 Å². The Morgan fingerprint density at radius 2 is 1.76 bits per heavy atom. The normalized spacial score (nSPS) is 10.4. The molecule has 0 fully saturated rings. The molecule has 2 aromatic carbocycles. The van der Waals surface area contributed by atoms with Crippen molar-refractivity contribution >= 4 is 23.2 Å². The molecule has 142 valence electrons. The summed E-state index contributed by atoms with van der Waals surface area (Å²) >= 11 is 0. The first-order valence-corrected chi connectivity index (χ1v) is 9.01. The van der Waals surface area contributed by atoms with Crippen LogP contribution in [0.25, 0.3) is 11.1 Å². The van der Waals surface area contributed by atoms with Gasteiger partial charge in [0.1, 0.15) is 12.0 Å². The van der Waals surface area contributed by atoms with Gasteiger partial charge in [-0.15, -0.1) is 0 Å². The largest absolute Gasteiger partial charge is 0.324 e. The van der Waals surface area contributed by atoms with Gasteiger partial charge in [-0.3, -0.25) is 4.79 Å². The first-order valence-electron chi connectivity index (χ1n) is 9.01. The number of amides is 1. The van der Waals surface area contributed by atoms with Crippen LogP contribution in [-0.2, 0) is 0 Å². The van der Waals surface area contributed by atoms with Gasteiger partial charge >= 0.3 is 0 Å². The molecule has 0 aliphatic carbocycles. The molecule has 2 N–H and O–H groups in total. The Morgan fingerprint density at radius 1 is 0.931 bits per heavy atom. The van der Waals surface area contributed by atoms with Gasteiger partial charge in [-0.25, -0.2) is 19.9 Å². The summed E-state index contributed by atoms with van der Waals surface area (Å²) in [6.45, 7) is 2.08. The Kier molecular flexibility index (Phi) is 5.20. The van der Waals surface area contributed by atoms with Crippen molar-refractivity contribution in [2.45, 2.75) is 6.92 Å². The van der Waals surface area contributed by atoms with Gasteiger partial charge in [-0.05, 0) is 41.8 Å². The molecule has 0 aliphatic heterocycles. The third-order valence-corrected chi connectivity index (χ3v) is 4.28. The van der Waals surface area contributed by atoms with Crippen molar-refractivity contribution < 1.29 is 4.79 Å². The van der Waals surface area contributed by atoms with E-state index in [1.54, 1.807) is 6.07 Å². The van der Waals surface area contributed by atoms with E-state index in [0.29, 0.717) is 11.6 Å². The van der Waals surface area contributed by atoms with Crippen LogP contribution in [0, 0.1) is 6.92 Å². The lowest BCUT2D eigenvalue weighted by Gasteiger charge is -2.10. The predicted octanol–water partition coefficient (Wildman–Crippen LogP) is 4.24. The van der Waals surface area contributed by atoms with Gasteiger partial charge in [0.05, 0.1) is 18.1 Å². The highest BCUT2D eigenvalue weighted by molar-refractivity contribution is 6.02. The van der Waals surface area contributed by atoms with Crippen LogP contribution in [0.15, 0.2) is 79.5 Å². The molecule has 7 nitrogen and oxygen atoms in total. The molecule has 0 saturated carbocycles. The van der Waals surface area contributed by atoms with E-state index >= 15 is 0 Å². The van der Waals surface area contributed by atoms with Gasteiger partial charge < -0.3 is 10.6 Å². The van der Waals surface area contributed by atoms with Crippen molar-refractivity contribution in [1.29, 1.82) is 0 Å². The summed E-state index contributed by atoms with van der Waals surface area (Å²) in [6.07, 6.45) is 5.97. The van der Waals surface area contributed by atoms with Crippen LogP contribution in [0.3, 0.4) is 0 Å². The SMILES string of the molecule is Cc1ccccc1-c1cccc(Nc2nccc(C(=O)Nc3cncnc3)n2)c1. The maximum atomic E-state index is 12.4. The Morgan fingerprint density at radius 3 is 2.59 bits per heavy atom. The Bertz CT molecular complexity index is 1150. The molecule has 0 radical (unpaired) electrons. The molecule has 1 amide bonds. The van der Waals surface area contributed by atoms with E-state index < -0.39 is 0 Å². The maximum absolute atomic E-state index is 12.4. The lowest BCUT2D eigenvalue weighted by molar-refractivity contribution is 0.102. The summed E-state index contributed by atoms with van der Waals surface area (Å²) in [6, 6.07) is 17.7. The zero-order valence-corrected chi connectivity index (χ0v) is 15.7. The van der Waals surface area contributed by atoms with Crippen molar-refractivity contribution in [1.82, 2.24) is 19.9 Å². The Hall–Kier alpha value is -4.13. The zero-order valence-electron chi connectivity index (χ0n) is 15.7. The minimum absolute atomic E-state index is 0.237. The fourth-order valence-corrected chi connectivity index (χ4v) is 2.89. The topological polar surface area (TPSA) is 92.7 Å². The lowest BCUT2D eigenvalue weighted by atomic mass is 10.0. The number of nitrogens with one attached hydrogen (secondary N) is 2. The number of carbonyl (C=O) groups excluding carboxylic acids is 1. The van der Waals surface area contributed by atoms with Gasteiger partial charge in [0.2, 0.25) is 5.95 Å². The fourth-order valence-electron chi connectivity index (χ4n) is 2.89. The van der Waals surface area contributed by atoms with Crippen LogP contribution in [0.4, 0.5) is 17.3 Å². The van der Waals surface area contributed by atoms with Gasteiger partial charge in [0.25, 0.3) is 5.91 Å². The minimum Gasteiger partial charge on any atom is -0.324 e. The molecule has 0 bridgehead atoms. The van der Waals surface area contributed by atoms with Crippen molar-refractivity contribution in [3.63, 3.8) is 0 Å². The maximum Gasteiger partial charge on any atom is 0.274 e. The van der Waals surface area contributed by atoms with Crippen molar-refractivity contribution in [2.75, 3.05) is 10.6 Å². The molecule has 0 spiro atoms. The van der Waals surface area contributed by atoms with E-state index in [1.807, 2.05) is 30.3 Å².